The van der Waals surface area contributed by atoms with Crippen molar-refractivity contribution in [2.24, 2.45) is 7.05 Å². The van der Waals surface area contributed by atoms with Crippen molar-refractivity contribution in [1.82, 2.24) is 9.78 Å². The van der Waals surface area contributed by atoms with Crippen LogP contribution in [0.2, 0.25) is 0 Å². The summed E-state index contributed by atoms with van der Waals surface area (Å²) < 4.78 is 65.5. The molecule has 1 aromatic heterocycles. The molecule has 0 bridgehead atoms. The number of alkyl halides is 3. The average Bonchev–Trinajstić information content (AvgIpc) is 2.50. The van der Waals surface area contributed by atoms with Crippen LogP contribution in [-0.4, -0.2) is 29.1 Å². The van der Waals surface area contributed by atoms with Crippen molar-refractivity contribution in [3.05, 3.63) is 39.8 Å². The number of rotatable bonds is 1. The second-order valence-electron chi connectivity index (χ2n) is 5.72. The summed E-state index contributed by atoms with van der Waals surface area (Å²) in [6, 6.07) is 1.73. The van der Waals surface area contributed by atoms with E-state index < -0.39 is 37.8 Å². The summed E-state index contributed by atoms with van der Waals surface area (Å²) >= 11 is 0. The van der Waals surface area contributed by atoms with Crippen molar-refractivity contribution >= 4 is 9.84 Å². The third-order valence-electron chi connectivity index (χ3n) is 4.12. The summed E-state index contributed by atoms with van der Waals surface area (Å²) in [5.41, 5.74) is -2.59. The number of fused-ring (bicyclic) bond motifs is 1. The van der Waals surface area contributed by atoms with Gasteiger partial charge >= 0.3 is 11.7 Å². The summed E-state index contributed by atoms with van der Waals surface area (Å²) in [6.45, 7) is 0. The first-order valence-electron chi connectivity index (χ1n) is 7.25. The minimum atomic E-state index is -4.71. The Labute approximate surface area is 140 Å². The molecule has 10 heteroatoms. The fraction of sp³-hybridized carbons (Fsp3) is 0.333. The van der Waals surface area contributed by atoms with Crippen LogP contribution in [0.4, 0.5) is 13.2 Å². The molecular formula is C15H13F3N2O4S. The van der Waals surface area contributed by atoms with E-state index in [-0.39, 0.29) is 35.3 Å². The van der Waals surface area contributed by atoms with Crippen LogP contribution >= 0.6 is 0 Å². The van der Waals surface area contributed by atoms with Gasteiger partial charge in [0.25, 0.3) is 0 Å². The molecule has 2 heterocycles. The molecule has 3 rings (SSSR count). The van der Waals surface area contributed by atoms with Crippen molar-refractivity contribution in [3.63, 3.8) is 0 Å². The SMILES string of the molecule is Cn1ncc(-c2ccc(C(F)(F)F)c3c2S(=O)(=O)CCC3)c(O)c1=O. The molecule has 1 aromatic carbocycles. The molecule has 0 amide bonds. The van der Waals surface area contributed by atoms with Gasteiger partial charge in [-0.1, -0.05) is 6.07 Å². The molecule has 134 valence electrons. The molecular weight excluding hydrogens is 361 g/mol. The molecule has 25 heavy (non-hydrogen) atoms. The molecule has 0 fully saturated rings. The first-order valence-corrected chi connectivity index (χ1v) is 8.91. The Hall–Kier alpha value is -2.36. The van der Waals surface area contributed by atoms with Crippen LogP contribution in [0, 0.1) is 0 Å². The highest BCUT2D eigenvalue weighted by molar-refractivity contribution is 7.91. The lowest BCUT2D eigenvalue weighted by Gasteiger charge is -2.24. The monoisotopic (exact) mass is 374 g/mol. The smallest absolute Gasteiger partial charge is 0.416 e. The second-order valence-corrected chi connectivity index (χ2v) is 7.77. The highest BCUT2D eigenvalue weighted by atomic mass is 32.2. The van der Waals surface area contributed by atoms with E-state index in [0.29, 0.717) is 0 Å². The number of halogens is 3. The van der Waals surface area contributed by atoms with E-state index in [1.54, 1.807) is 0 Å². The van der Waals surface area contributed by atoms with Crippen LogP contribution in [0.1, 0.15) is 17.5 Å². The van der Waals surface area contributed by atoms with E-state index in [1.165, 1.54) is 7.05 Å². The quantitative estimate of drug-likeness (QED) is 0.823. The van der Waals surface area contributed by atoms with Crippen LogP contribution < -0.4 is 5.56 Å². The van der Waals surface area contributed by atoms with Gasteiger partial charge in [0.15, 0.2) is 15.6 Å². The molecule has 0 atom stereocenters. The van der Waals surface area contributed by atoms with E-state index in [0.717, 1.165) is 23.0 Å². The Bertz CT molecular complexity index is 1030. The largest absolute Gasteiger partial charge is 0.503 e. The van der Waals surface area contributed by atoms with Gasteiger partial charge in [0, 0.05) is 12.6 Å². The first kappa shape index (κ1) is 17.5. The summed E-state index contributed by atoms with van der Waals surface area (Å²) in [5.74, 6) is -1.06. The highest BCUT2D eigenvalue weighted by Gasteiger charge is 2.39. The predicted molar refractivity (Wildman–Crippen MR) is 82.0 cm³/mol. The Morgan fingerprint density at radius 2 is 1.92 bits per heavy atom. The van der Waals surface area contributed by atoms with Gasteiger partial charge in [-0.25, -0.2) is 13.1 Å². The molecule has 6 nitrogen and oxygen atoms in total. The molecule has 0 radical (unpaired) electrons. The summed E-state index contributed by atoms with van der Waals surface area (Å²) in [5, 5.41) is 13.8. The molecule has 1 aliphatic rings. The molecule has 1 N–H and O–H groups in total. The third-order valence-corrected chi connectivity index (χ3v) is 6.03. The number of hydrogen-bond donors (Lipinski definition) is 1. The number of nitrogens with zero attached hydrogens (tertiary/aromatic N) is 2. The Morgan fingerprint density at radius 1 is 1.24 bits per heavy atom. The highest BCUT2D eigenvalue weighted by Crippen LogP contribution is 2.43. The number of benzene rings is 1. The third kappa shape index (κ3) is 2.80. The minimum absolute atomic E-state index is 0.0592. The van der Waals surface area contributed by atoms with Gasteiger partial charge in [-0.15, -0.1) is 0 Å². The van der Waals surface area contributed by atoms with Crippen LogP contribution in [0.15, 0.2) is 28.0 Å². The van der Waals surface area contributed by atoms with Crippen molar-refractivity contribution in [3.8, 4) is 16.9 Å². The number of aromatic nitrogens is 2. The predicted octanol–water partition coefficient (Wildman–Crippen LogP) is 1.89. The zero-order valence-electron chi connectivity index (χ0n) is 13.0. The van der Waals surface area contributed by atoms with E-state index in [2.05, 4.69) is 5.10 Å². The van der Waals surface area contributed by atoms with Gasteiger partial charge in [-0.3, -0.25) is 4.79 Å². The summed E-state index contributed by atoms with van der Waals surface area (Å²) in [4.78, 5) is 11.4. The van der Waals surface area contributed by atoms with Crippen molar-refractivity contribution in [2.75, 3.05) is 5.75 Å². The fourth-order valence-electron chi connectivity index (χ4n) is 2.97. The average molecular weight is 374 g/mol. The van der Waals surface area contributed by atoms with Crippen molar-refractivity contribution in [1.29, 1.82) is 0 Å². The maximum atomic E-state index is 13.2. The number of hydrogen-bond acceptors (Lipinski definition) is 5. The topological polar surface area (TPSA) is 89.3 Å². The zero-order valence-corrected chi connectivity index (χ0v) is 13.8. The molecule has 0 saturated carbocycles. The molecule has 1 aliphatic heterocycles. The fourth-order valence-corrected chi connectivity index (χ4v) is 4.80. The summed E-state index contributed by atoms with van der Waals surface area (Å²) in [6.07, 6.45) is -3.63. The van der Waals surface area contributed by atoms with Crippen molar-refractivity contribution in [2.45, 2.75) is 23.9 Å². The first-order chi connectivity index (χ1) is 11.5. The normalized spacial score (nSPS) is 16.5. The standard InChI is InChI=1S/C15H13F3N2O4S/c1-20-14(22)12(21)10(7-19-20)8-4-5-11(15(16,17)18)9-3-2-6-25(23,24)13(8)9/h4-5,7,21H,2-3,6H2,1H3. The van der Waals surface area contributed by atoms with E-state index in [4.69, 9.17) is 0 Å². The Balaban J connectivity index is 2.42. The maximum Gasteiger partial charge on any atom is 0.416 e. The molecule has 0 saturated heterocycles. The molecule has 2 aromatic rings. The lowest BCUT2D eigenvalue weighted by Crippen LogP contribution is -2.23. The van der Waals surface area contributed by atoms with E-state index in [1.807, 2.05) is 0 Å². The molecule has 0 aliphatic carbocycles. The Kier molecular flexibility index (Phi) is 3.90. The Morgan fingerprint density at radius 3 is 2.56 bits per heavy atom. The molecule has 0 unspecified atom stereocenters. The minimum Gasteiger partial charge on any atom is -0.503 e. The van der Waals surface area contributed by atoms with Gasteiger partial charge in [0.1, 0.15) is 0 Å². The van der Waals surface area contributed by atoms with Crippen molar-refractivity contribution < 1.29 is 26.7 Å². The van der Waals surface area contributed by atoms with E-state index in [9.17, 15) is 31.5 Å². The lowest BCUT2D eigenvalue weighted by molar-refractivity contribution is -0.138. The van der Waals surface area contributed by atoms with Gasteiger partial charge < -0.3 is 5.11 Å². The van der Waals surface area contributed by atoms with Crippen LogP contribution in [0.3, 0.4) is 0 Å². The zero-order chi connectivity index (χ0) is 18.6. The second kappa shape index (κ2) is 5.58. The van der Waals surface area contributed by atoms with E-state index >= 15 is 0 Å². The van der Waals surface area contributed by atoms with Gasteiger partial charge in [0.05, 0.1) is 28.0 Å². The number of sulfone groups is 1. The van der Waals surface area contributed by atoms with Crippen LogP contribution in [0.5, 0.6) is 5.75 Å². The molecule has 0 spiro atoms. The maximum absolute atomic E-state index is 13.2. The van der Waals surface area contributed by atoms with Gasteiger partial charge in [0.2, 0.25) is 0 Å². The number of aryl methyl sites for hydroxylation is 1. The van der Waals surface area contributed by atoms with Gasteiger partial charge in [-0.2, -0.15) is 18.3 Å². The van der Waals surface area contributed by atoms with Crippen LogP contribution in [0.25, 0.3) is 11.1 Å². The lowest BCUT2D eigenvalue weighted by atomic mass is 9.96. The summed E-state index contributed by atoms with van der Waals surface area (Å²) in [7, 11) is -2.71. The number of aromatic hydroxyl groups is 1. The van der Waals surface area contributed by atoms with Gasteiger partial charge in [-0.05, 0) is 24.5 Å². The van der Waals surface area contributed by atoms with Crippen LogP contribution in [-0.2, 0) is 29.5 Å².